The van der Waals surface area contributed by atoms with E-state index in [4.69, 9.17) is 4.74 Å². The molecule has 0 fully saturated rings. The normalized spacial score (nSPS) is 12.5. The molecule has 0 saturated heterocycles. The molecule has 0 bridgehead atoms. The fourth-order valence-electron chi connectivity index (χ4n) is 2.51. The number of benzene rings is 1. The van der Waals surface area contributed by atoms with Crippen LogP contribution in [0.2, 0.25) is 0 Å². The lowest BCUT2D eigenvalue weighted by Crippen LogP contribution is -2.26. The van der Waals surface area contributed by atoms with Gasteiger partial charge < -0.3 is 10.1 Å². The molecular weight excluding hydrogens is 262 g/mol. The molecule has 0 amide bonds. The predicted octanol–water partition coefficient (Wildman–Crippen LogP) is 2.29. The summed E-state index contributed by atoms with van der Waals surface area (Å²) in [4.78, 5) is 0. The number of hydrogen-bond acceptors (Lipinski definition) is 3. The molecule has 0 spiro atoms. The van der Waals surface area contributed by atoms with Gasteiger partial charge in [-0.25, -0.2) is 0 Å². The van der Waals surface area contributed by atoms with E-state index < -0.39 is 0 Å². The van der Waals surface area contributed by atoms with Crippen molar-refractivity contribution < 1.29 is 4.74 Å². The first kappa shape index (κ1) is 15.7. The molecule has 2 aromatic rings. The number of methoxy groups -OCH3 is 1. The van der Waals surface area contributed by atoms with Gasteiger partial charge in [0, 0.05) is 39.4 Å². The van der Waals surface area contributed by atoms with Crippen molar-refractivity contribution in [2.45, 2.75) is 19.3 Å². The van der Waals surface area contributed by atoms with Crippen LogP contribution in [0.4, 0.5) is 0 Å². The Morgan fingerprint density at radius 1 is 1.33 bits per heavy atom. The average Bonchev–Trinajstić information content (AvgIpc) is 2.87. The Labute approximate surface area is 127 Å². The van der Waals surface area contributed by atoms with E-state index in [-0.39, 0.29) is 0 Å². The number of rotatable bonds is 8. The Kier molecular flexibility index (Phi) is 5.96. The van der Waals surface area contributed by atoms with Gasteiger partial charge in [0.15, 0.2) is 0 Å². The lowest BCUT2D eigenvalue weighted by molar-refractivity contribution is 0.199. The maximum atomic E-state index is 5.09. The number of aryl methyl sites for hydroxylation is 2. The SMILES string of the molecule is COCCNCC(Cc1ccn(C)n1)c1cccc(C)c1. The minimum Gasteiger partial charge on any atom is -0.383 e. The third-order valence-electron chi connectivity index (χ3n) is 3.61. The average molecular weight is 287 g/mol. The largest absolute Gasteiger partial charge is 0.383 e. The van der Waals surface area contributed by atoms with E-state index >= 15 is 0 Å². The van der Waals surface area contributed by atoms with Crippen molar-refractivity contribution in [2.24, 2.45) is 7.05 Å². The minimum atomic E-state index is 0.427. The summed E-state index contributed by atoms with van der Waals surface area (Å²) in [6.07, 6.45) is 2.95. The zero-order valence-electron chi connectivity index (χ0n) is 13.2. The Morgan fingerprint density at radius 2 is 2.19 bits per heavy atom. The topological polar surface area (TPSA) is 39.1 Å². The van der Waals surface area contributed by atoms with Crippen LogP contribution >= 0.6 is 0 Å². The van der Waals surface area contributed by atoms with Gasteiger partial charge in [0.2, 0.25) is 0 Å². The Hall–Kier alpha value is -1.65. The molecule has 4 nitrogen and oxygen atoms in total. The number of aromatic nitrogens is 2. The van der Waals surface area contributed by atoms with Gasteiger partial charge in [-0.1, -0.05) is 29.8 Å². The summed E-state index contributed by atoms with van der Waals surface area (Å²) in [5, 5.41) is 7.98. The summed E-state index contributed by atoms with van der Waals surface area (Å²) in [5.74, 6) is 0.427. The molecule has 1 atom stereocenters. The molecule has 1 aromatic carbocycles. The van der Waals surface area contributed by atoms with Gasteiger partial charge in [0.1, 0.15) is 0 Å². The van der Waals surface area contributed by atoms with Crippen molar-refractivity contribution in [1.82, 2.24) is 15.1 Å². The molecule has 0 aliphatic heterocycles. The highest BCUT2D eigenvalue weighted by Crippen LogP contribution is 2.20. The molecule has 0 aliphatic rings. The summed E-state index contributed by atoms with van der Waals surface area (Å²) in [5.41, 5.74) is 3.80. The lowest BCUT2D eigenvalue weighted by Gasteiger charge is -2.18. The zero-order valence-corrected chi connectivity index (χ0v) is 13.2. The van der Waals surface area contributed by atoms with Crippen LogP contribution in [0.5, 0.6) is 0 Å². The summed E-state index contributed by atoms with van der Waals surface area (Å²) in [7, 11) is 3.69. The highest BCUT2D eigenvalue weighted by Gasteiger charge is 2.14. The van der Waals surface area contributed by atoms with Gasteiger partial charge in [-0.2, -0.15) is 5.10 Å². The molecular formula is C17H25N3O. The molecule has 0 saturated carbocycles. The van der Waals surface area contributed by atoms with Crippen molar-refractivity contribution in [3.63, 3.8) is 0 Å². The second-order valence-corrected chi connectivity index (χ2v) is 5.49. The van der Waals surface area contributed by atoms with Crippen LogP contribution in [-0.2, 0) is 18.2 Å². The Morgan fingerprint density at radius 3 is 2.86 bits per heavy atom. The van der Waals surface area contributed by atoms with Gasteiger partial charge in [0.05, 0.1) is 12.3 Å². The molecule has 1 unspecified atom stereocenters. The fourth-order valence-corrected chi connectivity index (χ4v) is 2.51. The van der Waals surface area contributed by atoms with Crippen LogP contribution < -0.4 is 5.32 Å². The summed E-state index contributed by atoms with van der Waals surface area (Å²) < 4.78 is 6.95. The third-order valence-corrected chi connectivity index (χ3v) is 3.61. The van der Waals surface area contributed by atoms with Crippen molar-refractivity contribution in [1.29, 1.82) is 0 Å². The molecule has 1 aromatic heterocycles. The van der Waals surface area contributed by atoms with Crippen LogP contribution in [0.1, 0.15) is 22.7 Å². The monoisotopic (exact) mass is 287 g/mol. The van der Waals surface area contributed by atoms with Crippen LogP contribution in [0, 0.1) is 6.92 Å². The molecule has 114 valence electrons. The van der Waals surface area contributed by atoms with E-state index in [2.05, 4.69) is 47.7 Å². The summed E-state index contributed by atoms with van der Waals surface area (Å²) in [6.45, 7) is 4.69. The minimum absolute atomic E-state index is 0.427. The number of nitrogens with zero attached hydrogens (tertiary/aromatic N) is 2. The number of nitrogens with one attached hydrogen (secondary N) is 1. The van der Waals surface area contributed by atoms with E-state index in [1.54, 1.807) is 7.11 Å². The van der Waals surface area contributed by atoms with Gasteiger partial charge in [0.25, 0.3) is 0 Å². The second kappa shape index (κ2) is 7.96. The van der Waals surface area contributed by atoms with Gasteiger partial charge in [-0.15, -0.1) is 0 Å². The number of ether oxygens (including phenoxy) is 1. The van der Waals surface area contributed by atoms with Crippen molar-refractivity contribution >= 4 is 0 Å². The van der Waals surface area contributed by atoms with Crippen molar-refractivity contribution in [2.75, 3.05) is 26.8 Å². The van der Waals surface area contributed by atoms with E-state index in [9.17, 15) is 0 Å². The predicted molar refractivity (Wildman–Crippen MR) is 85.6 cm³/mol. The molecule has 1 N–H and O–H groups in total. The van der Waals surface area contributed by atoms with E-state index in [0.29, 0.717) is 5.92 Å². The highest BCUT2D eigenvalue weighted by molar-refractivity contribution is 5.27. The van der Waals surface area contributed by atoms with E-state index in [1.807, 2.05) is 17.9 Å². The van der Waals surface area contributed by atoms with Gasteiger partial charge in [-0.05, 0) is 25.0 Å². The molecule has 2 rings (SSSR count). The first-order chi connectivity index (χ1) is 10.2. The van der Waals surface area contributed by atoms with Crippen LogP contribution in [-0.4, -0.2) is 36.6 Å². The standard InChI is InChI=1S/C17H25N3O/c1-14-5-4-6-15(11-14)16(13-18-8-10-21-3)12-17-7-9-20(2)19-17/h4-7,9,11,16,18H,8,10,12-13H2,1-3H3. The molecule has 0 aliphatic carbocycles. The first-order valence-corrected chi connectivity index (χ1v) is 7.44. The quantitative estimate of drug-likeness (QED) is 0.757. The molecule has 0 radical (unpaired) electrons. The van der Waals surface area contributed by atoms with E-state index in [1.165, 1.54) is 11.1 Å². The van der Waals surface area contributed by atoms with Crippen LogP contribution in [0.15, 0.2) is 36.5 Å². The van der Waals surface area contributed by atoms with Gasteiger partial charge >= 0.3 is 0 Å². The number of hydrogen-bond donors (Lipinski definition) is 1. The molecule has 21 heavy (non-hydrogen) atoms. The maximum absolute atomic E-state index is 5.09. The maximum Gasteiger partial charge on any atom is 0.0631 e. The van der Waals surface area contributed by atoms with Crippen molar-refractivity contribution in [3.05, 3.63) is 53.3 Å². The summed E-state index contributed by atoms with van der Waals surface area (Å²) in [6, 6.07) is 10.8. The van der Waals surface area contributed by atoms with E-state index in [0.717, 1.165) is 31.8 Å². The van der Waals surface area contributed by atoms with Gasteiger partial charge in [-0.3, -0.25) is 4.68 Å². The third kappa shape index (κ3) is 4.99. The summed E-state index contributed by atoms with van der Waals surface area (Å²) >= 11 is 0. The first-order valence-electron chi connectivity index (χ1n) is 7.44. The zero-order chi connectivity index (χ0) is 15.1. The fraction of sp³-hybridized carbons (Fsp3) is 0.471. The molecule has 1 heterocycles. The smallest absolute Gasteiger partial charge is 0.0631 e. The van der Waals surface area contributed by atoms with Crippen LogP contribution in [0.25, 0.3) is 0 Å². The van der Waals surface area contributed by atoms with Crippen LogP contribution in [0.3, 0.4) is 0 Å². The second-order valence-electron chi connectivity index (χ2n) is 5.49. The Balaban J connectivity index is 2.06. The molecule has 4 heteroatoms. The Bertz CT molecular complexity index is 550. The highest BCUT2D eigenvalue weighted by atomic mass is 16.5. The lowest BCUT2D eigenvalue weighted by atomic mass is 9.93. The van der Waals surface area contributed by atoms with Crippen molar-refractivity contribution in [3.8, 4) is 0 Å².